The number of ether oxygens (including phenoxy) is 5. The van der Waals surface area contributed by atoms with Crippen molar-refractivity contribution in [2.75, 3.05) is 38.5 Å². The van der Waals surface area contributed by atoms with Gasteiger partial charge in [0, 0.05) is 24.2 Å². The third kappa shape index (κ3) is 9.21. The first kappa shape index (κ1) is 34.7. The summed E-state index contributed by atoms with van der Waals surface area (Å²) in [6.07, 6.45) is 3.75. The molecule has 0 fully saturated rings. The van der Waals surface area contributed by atoms with E-state index in [1.165, 1.54) is 38.9 Å². The van der Waals surface area contributed by atoms with Gasteiger partial charge in [-0.2, -0.15) is 13.4 Å². The SMILES string of the molecule is COc1ccccc1Oc1c(OC)nc(-c2ccncc2)nc1N(COC(=O)OCCCCON(O)O)S(=O)(=O)c1ccc(C)cn1. The van der Waals surface area contributed by atoms with Gasteiger partial charge < -0.3 is 23.7 Å². The summed E-state index contributed by atoms with van der Waals surface area (Å²) in [5.41, 5.74) is 1.17. The molecular formula is C29H32N6O11S. The summed E-state index contributed by atoms with van der Waals surface area (Å²) in [6.45, 7) is 0.611. The molecule has 0 saturated carbocycles. The van der Waals surface area contributed by atoms with E-state index < -0.39 is 28.3 Å². The number of anilines is 1. The smallest absolute Gasteiger partial charge is 0.493 e. The second-order valence-electron chi connectivity index (χ2n) is 9.39. The number of sulfonamides is 1. The van der Waals surface area contributed by atoms with Crippen LogP contribution in [0.5, 0.6) is 23.1 Å². The minimum Gasteiger partial charge on any atom is -0.493 e. The van der Waals surface area contributed by atoms with Crippen molar-refractivity contribution >= 4 is 22.0 Å². The lowest BCUT2D eigenvalue weighted by atomic mass is 10.2. The van der Waals surface area contributed by atoms with Crippen LogP contribution in [0.3, 0.4) is 0 Å². The lowest BCUT2D eigenvalue weighted by Crippen LogP contribution is -2.36. The minimum absolute atomic E-state index is 0.0396. The number of hydrogen-bond donors (Lipinski definition) is 2. The molecule has 1 aromatic carbocycles. The van der Waals surface area contributed by atoms with Crippen molar-refractivity contribution in [1.29, 1.82) is 0 Å². The lowest BCUT2D eigenvalue weighted by Gasteiger charge is -2.25. The van der Waals surface area contributed by atoms with Crippen molar-refractivity contribution in [3.63, 3.8) is 0 Å². The van der Waals surface area contributed by atoms with Gasteiger partial charge in [-0.3, -0.25) is 20.2 Å². The zero-order chi connectivity index (χ0) is 33.8. The molecule has 0 bridgehead atoms. The Morgan fingerprint density at radius 3 is 2.28 bits per heavy atom. The first-order chi connectivity index (χ1) is 22.6. The molecule has 0 atom stereocenters. The highest BCUT2D eigenvalue weighted by atomic mass is 32.2. The topological polar surface area (TPSA) is 205 Å². The molecule has 3 heterocycles. The van der Waals surface area contributed by atoms with Crippen LogP contribution in [0.25, 0.3) is 11.4 Å². The molecule has 0 unspecified atom stereocenters. The number of nitrogens with zero attached hydrogens (tertiary/aromatic N) is 6. The molecule has 4 rings (SSSR count). The van der Waals surface area contributed by atoms with Crippen LogP contribution in [0.1, 0.15) is 18.4 Å². The molecular weight excluding hydrogens is 640 g/mol. The molecule has 0 aliphatic heterocycles. The van der Waals surface area contributed by atoms with E-state index in [2.05, 4.69) is 24.8 Å². The lowest BCUT2D eigenvalue weighted by molar-refractivity contribution is -0.492. The Bertz CT molecular complexity index is 1730. The molecule has 0 spiro atoms. The number of aromatic nitrogens is 4. The van der Waals surface area contributed by atoms with Gasteiger partial charge in [-0.05, 0) is 55.7 Å². The van der Waals surface area contributed by atoms with Gasteiger partial charge >= 0.3 is 6.16 Å². The summed E-state index contributed by atoms with van der Waals surface area (Å²) in [4.78, 5) is 34.1. The molecule has 0 amide bonds. The molecule has 2 N–H and O–H groups in total. The van der Waals surface area contributed by atoms with Gasteiger partial charge in [0.2, 0.25) is 5.75 Å². The molecule has 3 aromatic heterocycles. The van der Waals surface area contributed by atoms with E-state index in [-0.39, 0.29) is 53.7 Å². The quantitative estimate of drug-likeness (QED) is 0.0742. The maximum Gasteiger partial charge on any atom is 0.510 e. The van der Waals surface area contributed by atoms with Crippen LogP contribution in [0.4, 0.5) is 10.6 Å². The summed E-state index contributed by atoms with van der Waals surface area (Å²) in [6, 6.07) is 12.7. The first-order valence-corrected chi connectivity index (χ1v) is 15.3. The van der Waals surface area contributed by atoms with Crippen molar-refractivity contribution in [3.8, 4) is 34.5 Å². The number of carbonyl (C=O) groups is 1. The van der Waals surface area contributed by atoms with Crippen molar-refractivity contribution in [3.05, 3.63) is 72.7 Å². The minimum atomic E-state index is -4.61. The highest BCUT2D eigenvalue weighted by Crippen LogP contribution is 2.43. The van der Waals surface area contributed by atoms with Crippen LogP contribution in [0.2, 0.25) is 0 Å². The summed E-state index contributed by atoms with van der Waals surface area (Å²) in [5, 5.41) is 16.4. The number of benzene rings is 1. The highest BCUT2D eigenvalue weighted by molar-refractivity contribution is 7.92. The zero-order valence-electron chi connectivity index (χ0n) is 25.5. The second-order valence-corrected chi connectivity index (χ2v) is 11.2. The van der Waals surface area contributed by atoms with E-state index in [9.17, 15) is 13.2 Å². The highest BCUT2D eigenvalue weighted by Gasteiger charge is 2.35. The molecule has 0 saturated heterocycles. The molecule has 0 aliphatic carbocycles. The number of pyridine rings is 2. The summed E-state index contributed by atoms with van der Waals surface area (Å²) >= 11 is 0. The van der Waals surface area contributed by atoms with E-state index >= 15 is 0 Å². The standard InChI is InChI=1S/C29H32N6O11S/c1-20-10-11-24(31-18-20)47(39,40)34(19-44-29(36)43-16-6-7-17-45-35(37)38)27-25(46-23-9-5-4-8-22(23)41-2)28(42-3)33-26(32-27)21-12-14-30-15-13-21/h4-5,8-15,18,37-38H,6-7,16-17,19H2,1-3H3. The Balaban J connectivity index is 1.78. The third-order valence-corrected chi connectivity index (χ3v) is 7.80. The number of aryl methyl sites for hydroxylation is 1. The average molecular weight is 673 g/mol. The first-order valence-electron chi connectivity index (χ1n) is 13.9. The Kier molecular flexibility index (Phi) is 12.1. The van der Waals surface area contributed by atoms with Crippen molar-refractivity contribution in [2.24, 2.45) is 0 Å². The molecule has 18 heteroatoms. The van der Waals surface area contributed by atoms with E-state index in [4.69, 9.17) is 34.1 Å². The maximum atomic E-state index is 14.2. The van der Waals surface area contributed by atoms with Crippen LogP contribution in [-0.2, 0) is 24.3 Å². The molecule has 47 heavy (non-hydrogen) atoms. The van der Waals surface area contributed by atoms with Gasteiger partial charge in [-0.15, -0.1) is 0 Å². The maximum absolute atomic E-state index is 14.2. The Morgan fingerprint density at radius 2 is 1.62 bits per heavy atom. The van der Waals surface area contributed by atoms with Crippen LogP contribution in [0, 0.1) is 6.92 Å². The van der Waals surface area contributed by atoms with Gasteiger partial charge in [0.25, 0.3) is 15.9 Å². The van der Waals surface area contributed by atoms with E-state index in [0.717, 1.165) is 0 Å². The van der Waals surface area contributed by atoms with Crippen LogP contribution >= 0.6 is 0 Å². The van der Waals surface area contributed by atoms with Crippen molar-refractivity contribution in [2.45, 2.75) is 24.8 Å². The fraction of sp³-hybridized carbons (Fsp3) is 0.276. The largest absolute Gasteiger partial charge is 0.510 e. The van der Waals surface area contributed by atoms with Gasteiger partial charge in [0.1, 0.15) is 0 Å². The van der Waals surface area contributed by atoms with Gasteiger partial charge in [0.15, 0.2) is 34.9 Å². The average Bonchev–Trinajstić information content (AvgIpc) is 3.07. The molecule has 0 aliphatic rings. The van der Waals surface area contributed by atoms with Crippen molar-refractivity contribution < 1.29 is 52.1 Å². The van der Waals surface area contributed by atoms with Crippen LogP contribution in [-0.4, -0.2) is 84.5 Å². The number of unbranched alkanes of at least 4 members (excludes halogenated alkanes) is 1. The number of rotatable bonds is 16. The van der Waals surface area contributed by atoms with Crippen LogP contribution < -0.4 is 18.5 Å². The summed E-state index contributed by atoms with van der Waals surface area (Å²) < 4.78 is 56.5. The number of methoxy groups -OCH3 is 2. The Morgan fingerprint density at radius 1 is 0.894 bits per heavy atom. The third-order valence-electron chi connectivity index (χ3n) is 6.17. The number of carbonyl (C=O) groups excluding carboxylic acids is 1. The molecule has 250 valence electrons. The molecule has 17 nitrogen and oxygen atoms in total. The Labute approximate surface area is 269 Å². The predicted molar refractivity (Wildman–Crippen MR) is 161 cm³/mol. The van der Waals surface area contributed by atoms with Crippen LogP contribution in [0.15, 0.2) is 72.1 Å². The van der Waals surface area contributed by atoms with Gasteiger partial charge in [0.05, 0.1) is 32.8 Å². The van der Waals surface area contributed by atoms with Gasteiger partial charge in [-0.1, -0.05) is 18.2 Å². The fourth-order valence-corrected chi connectivity index (χ4v) is 5.08. The molecule has 0 radical (unpaired) electrons. The van der Waals surface area contributed by atoms with Gasteiger partial charge in [-0.25, -0.2) is 19.1 Å². The number of para-hydroxylation sites is 2. The van der Waals surface area contributed by atoms with E-state index in [1.54, 1.807) is 49.4 Å². The zero-order valence-corrected chi connectivity index (χ0v) is 26.4. The Hall–Kier alpha value is -5.14. The predicted octanol–water partition coefficient (Wildman–Crippen LogP) is 4.15. The number of hydrogen-bond acceptors (Lipinski definition) is 16. The molecule has 4 aromatic rings. The van der Waals surface area contributed by atoms with Crippen molar-refractivity contribution in [1.82, 2.24) is 25.3 Å². The van der Waals surface area contributed by atoms with E-state index in [0.29, 0.717) is 27.6 Å². The fourth-order valence-electron chi connectivity index (χ4n) is 3.88. The monoisotopic (exact) mass is 672 g/mol. The normalized spacial score (nSPS) is 11.2. The van der Waals surface area contributed by atoms with E-state index in [1.807, 2.05) is 0 Å². The summed E-state index contributed by atoms with van der Waals surface area (Å²) in [7, 11) is -1.86. The summed E-state index contributed by atoms with van der Waals surface area (Å²) in [5.74, 6) is -0.236. The second kappa shape index (κ2) is 16.4.